The maximum absolute atomic E-state index is 12.5. The number of alkyl halides is 3. The van der Waals surface area contributed by atoms with Crippen molar-refractivity contribution in [2.45, 2.75) is 6.18 Å². The number of rotatable bonds is 2. The lowest BCUT2D eigenvalue weighted by atomic mass is 10.3. The Morgan fingerprint density at radius 3 is 2.68 bits per heavy atom. The quantitative estimate of drug-likeness (QED) is 0.719. The van der Waals surface area contributed by atoms with Crippen LogP contribution in [0.15, 0.2) is 24.4 Å². The Kier molecular flexibility index (Phi) is 3.79. The topological polar surface area (TPSA) is 54.9 Å². The summed E-state index contributed by atoms with van der Waals surface area (Å²) in [7, 11) is 0. The number of nitrogens with zero attached hydrogens (tertiary/aromatic N) is 2. The van der Waals surface area contributed by atoms with Crippen molar-refractivity contribution in [3.05, 3.63) is 39.3 Å². The van der Waals surface area contributed by atoms with Gasteiger partial charge in [-0.1, -0.05) is 29.0 Å². The first-order chi connectivity index (χ1) is 10.3. The fourth-order valence-corrected chi connectivity index (χ4v) is 3.48. The Labute approximate surface area is 134 Å². The van der Waals surface area contributed by atoms with Crippen LogP contribution in [0.5, 0.6) is 0 Å². The Morgan fingerprint density at radius 1 is 1.27 bits per heavy atom. The number of fused-ring (bicyclic) bond motifs is 1. The van der Waals surface area contributed by atoms with Crippen molar-refractivity contribution in [2.24, 2.45) is 0 Å². The number of halogens is 4. The largest absolute Gasteiger partial charge is 0.443 e. The highest BCUT2D eigenvalue weighted by molar-refractivity contribution is 7.22. The summed E-state index contributed by atoms with van der Waals surface area (Å²) in [5.41, 5.74) is 0.532. The van der Waals surface area contributed by atoms with Crippen molar-refractivity contribution >= 4 is 55.5 Å². The predicted molar refractivity (Wildman–Crippen MR) is 79.7 cm³/mol. The number of aromatic nitrogens is 2. The van der Waals surface area contributed by atoms with E-state index < -0.39 is 17.1 Å². The standard InChI is InChI=1S/C12H5ClF3N3OS2/c13-5-2-1-3-6-8(5)18-11(22-6)19-9(20)7-4-17-10(21-7)12(14,15)16/h1-4H,(H,18,19,20). The van der Waals surface area contributed by atoms with Crippen LogP contribution in [0.2, 0.25) is 5.02 Å². The molecule has 0 radical (unpaired) electrons. The highest BCUT2D eigenvalue weighted by Crippen LogP contribution is 2.34. The number of anilines is 1. The highest BCUT2D eigenvalue weighted by Gasteiger charge is 2.35. The Hall–Kier alpha value is -1.71. The van der Waals surface area contributed by atoms with Crippen molar-refractivity contribution in [3.63, 3.8) is 0 Å². The van der Waals surface area contributed by atoms with E-state index in [1.807, 2.05) is 0 Å². The minimum absolute atomic E-state index is 0.141. The summed E-state index contributed by atoms with van der Waals surface area (Å²) < 4.78 is 38.2. The molecule has 3 rings (SSSR count). The van der Waals surface area contributed by atoms with Crippen molar-refractivity contribution in [1.82, 2.24) is 9.97 Å². The molecule has 1 amide bonds. The summed E-state index contributed by atoms with van der Waals surface area (Å²) in [5.74, 6) is -0.692. The van der Waals surface area contributed by atoms with Crippen LogP contribution in [0, 0.1) is 0 Å². The average Bonchev–Trinajstić information content (AvgIpc) is 3.04. The molecule has 0 saturated heterocycles. The van der Waals surface area contributed by atoms with E-state index in [-0.39, 0.29) is 21.3 Å². The number of hydrogen-bond acceptors (Lipinski definition) is 5. The zero-order valence-corrected chi connectivity index (χ0v) is 12.8. The first kappa shape index (κ1) is 15.2. The van der Waals surface area contributed by atoms with E-state index in [9.17, 15) is 18.0 Å². The maximum atomic E-state index is 12.5. The van der Waals surface area contributed by atoms with Gasteiger partial charge in [0.1, 0.15) is 10.4 Å². The summed E-state index contributed by atoms with van der Waals surface area (Å²) >= 11 is 7.44. The van der Waals surface area contributed by atoms with Gasteiger partial charge >= 0.3 is 6.18 Å². The van der Waals surface area contributed by atoms with Crippen molar-refractivity contribution < 1.29 is 18.0 Å². The van der Waals surface area contributed by atoms with Gasteiger partial charge in [-0.05, 0) is 12.1 Å². The summed E-state index contributed by atoms with van der Waals surface area (Å²) in [6.07, 6.45) is -3.67. The third kappa shape index (κ3) is 2.92. The van der Waals surface area contributed by atoms with E-state index in [1.54, 1.807) is 18.2 Å². The fraction of sp³-hybridized carbons (Fsp3) is 0.0833. The summed E-state index contributed by atoms with van der Waals surface area (Å²) in [4.78, 5) is 19.2. The molecule has 0 saturated carbocycles. The molecule has 0 fully saturated rings. The third-order valence-corrected chi connectivity index (χ3v) is 4.84. The number of nitrogens with one attached hydrogen (secondary N) is 1. The molecule has 0 aliphatic heterocycles. The van der Waals surface area contributed by atoms with Crippen molar-refractivity contribution in [2.75, 3.05) is 5.32 Å². The Bertz CT molecular complexity index is 859. The molecular formula is C12H5ClF3N3OS2. The van der Waals surface area contributed by atoms with Crippen LogP contribution >= 0.6 is 34.3 Å². The zero-order chi connectivity index (χ0) is 15.9. The molecule has 0 bridgehead atoms. The molecule has 0 unspecified atom stereocenters. The molecule has 0 atom stereocenters. The van der Waals surface area contributed by atoms with Gasteiger partial charge in [-0.15, -0.1) is 11.3 Å². The first-order valence-electron chi connectivity index (χ1n) is 5.74. The van der Waals surface area contributed by atoms with E-state index in [1.165, 1.54) is 11.3 Å². The molecular weight excluding hydrogens is 359 g/mol. The number of thiazole rings is 2. The predicted octanol–water partition coefficient (Wildman–Crippen LogP) is 4.68. The number of para-hydroxylation sites is 1. The summed E-state index contributed by atoms with van der Waals surface area (Å²) in [6.45, 7) is 0. The van der Waals surface area contributed by atoms with Crippen LogP contribution in [0.4, 0.5) is 18.3 Å². The van der Waals surface area contributed by atoms with Crippen LogP contribution in [0.25, 0.3) is 10.2 Å². The SMILES string of the molecule is O=C(Nc1nc2c(Cl)cccc2s1)c1cnc(C(F)(F)F)s1. The van der Waals surface area contributed by atoms with Gasteiger partial charge in [0.2, 0.25) is 0 Å². The van der Waals surface area contributed by atoms with Gasteiger partial charge < -0.3 is 0 Å². The molecule has 1 N–H and O–H groups in total. The van der Waals surface area contributed by atoms with Crippen LogP contribution < -0.4 is 5.32 Å². The number of carbonyl (C=O) groups is 1. The van der Waals surface area contributed by atoms with E-state index in [2.05, 4.69) is 15.3 Å². The molecule has 3 aromatic rings. The molecule has 0 aliphatic rings. The third-order valence-electron chi connectivity index (χ3n) is 2.56. The highest BCUT2D eigenvalue weighted by atomic mass is 35.5. The van der Waals surface area contributed by atoms with Gasteiger partial charge in [-0.2, -0.15) is 13.2 Å². The molecule has 2 heterocycles. The van der Waals surface area contributed by atoms with Crippen LogP contribution in [-0.4, -0.2) is 15.9 Å². The molecule has 2 aromatic heterocycles. The monoisotopic (exact) mass is 363 g/mol. The number of carbonyl (C=O) groups excluding carboxylic acids is 1. The number of hydrogen-bond donors (Lipinski definition) is 1. The van der Waals surface area contributed by atoms with E-state index in [4.69, 9.17) is 11.6 Å². The van der Waals surface area contributed by atoms with Crippen molar-refractivity contribution in [3.8, 4) is 0 Å². The Morgan fingerprint density at radius 2 is 2.05 bits per heavy atom. The van der Waals surface area contributed by atoms with E-state index in [0.29, 0.717) is 10.5 Å². The zero-order valence-electron chi connectivity index (χ0n) is 10.4. The second-order valence-electron chi connectivity index (χ2n) is 4.09. The summed E-state index contributed by atoms with van der Waals surface area (Å²) in [6, 6.07) is 5.18. The van der Waals surface area contributed by atoms with E-state index in [0.717, 1.165) is 10.9 Å². The van der Waals surface area contributed by atoms with Gasteiger partial charge in [-0.25, -0.2) is 9.97 Å². The second kappa shape index (κ2) is 5.49. The van der Waals surface area contributed by atoms with Gasteiger partial charge in [-0.3, -0.25) is 10.1 Å². The molecule has 10 heteroatoms. The van der Waals surface area contributed by atoms with Gasteiger partial charge in [0, 0.05) is 0 Å². The van der Waals surface area contributed by atoms with Crippen LogP contribution in [0.3, 0.4) is 0 Å². The minimum atomic E-state index is -4.56. The van der Waals surface area contributed by atoms with Crippen LogP contribution in [0.1, 0.15) is 14.7 Å². The lowest BCUT2D eigenvalue weighted by molar-refractivity contribution is -0.137. The minimum Gasteiger partial charge on any atom is -0.297 e. The number of benzene rings is 1. The average molecular weight is 364 g/mol. The van der Waals surface area contributed by atoms with E-state index >= 15 is 0 Å². The summed E-state index contributed by atoms with van der Waals surface area (Å²) in [5, 5.41) is 2.08. The lowest BCUT2D eigenvalue weighted by Crippen LogP contribution is -2.09. The second-order valence-corrected chi connectivity index (χ2v) is 6.56. The maximum Gasteiger partial charge on any atom is 0.443 e. The molecule has 1 aromatic carbocycles. The van der Waals surface area contributed by atoms with Crippen LogP contribution in [-0.2, 0) is 6.18 Å². The smallest absolute Gasteiger partial charge is 0.297 e. The Balaban J connectivity index is 1.84. The van der Waals surface area contributed by atoms with Crippen molar-refractivity contribution in [1.29, 1.82) is 0 Å². The number of amides is 1. The lowest BCUT2D eigenvalue weighted by Gasteiger charge is -1.99. The molecule has 22 heavy (non-hydrogen) atoms. The van der Waals surface area contributed by atoms with Gasteiger partial charge in [0.15, 0.2) is 10.1 Å². The van der Waals surface area contributed by atoms with Gasteiger partial charge in [0.25, 0.3) is 5.91 Å². The first-order valence-corrected chi connectivity index (χ1v) is 7.75. The molecule has 4 nitrogen and oxygen atoms in total. The molecule has 0 spiro atoms. The molecule has 114 valence electrons. The molecule has 0 aliphatic carbocycles. The fourth-order valence-electron chi connectivity index (χ4n) is 1.64. The normalized spacial score (nSPS) is 11.8. The van der Waals surface area contributed by atoms with Gasteiger partial charge in [0.05, 0.1) is 15.9 Å².